The summed E-state index contributed by atoms with van der Waals surface area (Å²) in [6.45, 7) is 0. The van der Waals surface area contributed by atoms with Crippen LogP contribution in [0, 0.1) is 17.1 Å². The van der Waals surface area contributed by atoms with E-state index in [0.717, 1.165) is 0 Å². The van der Waals surface area contributed by atoms with Gasteiger partial charge >= 0.3 is 5.97 Å². The van der Waals surface area contributed by atoms with E-state index in [1.165, 1.54) is 24.3 Å². The van der Waals surface area contributed by atoms with Crippen LogP contribution in [0.25, 0.3) is 0 Å². The average Bonchev–Trinajstić information content (AvgIpc) is 2.40. The molecule has 1 aromatic carbocycles. The van der Waals surface area contributed by atoms with Crippen molar-refractivity contribution in [2.45, 2.75) is 31.7 Å². The summed E-state index contributed by atoms with van der Waals surface area (Å²) >= 11 is 0. The smallest absolute Gasteiger partial charge is 0.326 e. The number of nitrogens with zero attached hydrogens (tertiary/aromatic N) is 1. The maximum absolute atomic E-state index is 12.7. The van der Waals surface area contributed by atoms with E-state index >= 15 is 0 Å². The third kappa shape index (κ3) is 5.48. The normalized spacial score (nSPS) is 11.4. The molecule has 0 saturated heterocycles. The van der Waals surface area contributed by atoms with Crippen molar-refractivity contribution in [2.75, 3.05) is 0 Å². The summed E-state index contributed by atoms with van der Waals surface area (Å²) in [7, 11) is 0. The van der Waals surface area contributed by atoms with Crippen LogP contribution in [-0.2, 0) is 16.0 Å². The molecule has 0 aliphatic carbocycles. The standard InChI is InChI=1S/C14H15FN2O3/c15-11-6-4-10(5-7-11)9-13(18)17-12(14(19)20)3-1-2-8-16/h4-7,12H,1-3,9H2,(H,17,18)(H,19,20)/t12-/m1/s1. The molecular weight excluding hydrogens is 263 g/mol. The highest BCUT2D eigenvalue weighted by atomic mass is 19.1. The molecule has 0 aliphatic heterocycles. The van der Waals surface area contributed by atoms with E-state index in [1.54, 1.807) is 0 Å². The highest BCUT2D eigenvalue weighted by molar-refractivity contribution is 5.84. The summed E-state index contributed by atoms with van der Waals surface area (Å²) in [6, 6.07) is 6.34. The number of carbonyl (C=O) groups is 2. The van der Waals surface area contributed by atoms with Crippen LogP contribution in [0.3, 0.4) is 0 Å². The second kappa shape index (κ2) is 7.89. The van der Waals surface area contributed by atoms with Crippen LogP contribution in [0.5, 0.6) is 0 Å². The van der Waals surface area contributed by atoms with Crippen LogP contribution in [0.15, 0.2) is 24.3 Å². The number of hydrogen-bond donors (Lipinski definition) is 2. The van der Waals surface area contributed by atoms with E-state index in [-0.39, 0.29) is 19.3 Å². The quantitative estimate of drug-likeness (QED) is 0.742. The van der Waals surface area contributed by atoms with Gasteiger partial charge in [-0.1, -0.05) is 12.1 Å². The van der Waals surface area contributed by atoms with E-state index in [9.17, 15) is 14.0 Å². The van der Waals surface area contributed by atoms with Crippen LogP contribution in [0.4, 0.5) is 4.39 Å². The van der Waals surface area contributed by atoms with Gasteiger partial charge in [-0.3, -0.25) is 4.79 Å². The Bertz CT molecular complexity index is 508. The van der Waals surface area contributed by atoms with Gasteiger partial charge in [-0.15, -0.1) is 0 Å². The number of amides is 1. The van der Waals surface area contributed by atoms with Gasteiger partial charge < -0.3 is 10.4 Å². The number of carboxylic acid groups (broad SMARTS) is 1. The van der Waals surface area contributed by atoms with Crippen molar-refractivity contribution in [1.29, 1.82) is 5.26 Å². The van der Waals surface area contributed by atoms with Gasteiger partial charge in [0.15, 0.2) is 0 Å². The SMILES string of the molecule is N#CCCC[C@@H](NC(=O)Cc1ccc(F)cc1)C(=O)O. The molecule has 0 spiro atoms. The Hall–Kier alpha value is -2.42. The predicted molar refractivity (Wildman–Crippen MR) is 69.1 cm³/mol. The molecule has 0 aliphatic rings. The summed E-state index contributed by atoms with van der Waals surface area (Å²) < 4.78 is 12.7. The first kappa shape index (κ1) is 15.6. The van der Waals surface area contributed by atoms with Crippen molar-refractivity contribution in [3.8, 4) is 6.07 Å². The van der Waals surface area contributed by atoms with Gasteiger partial charge in [-0.05, 0) is 30.5 Å². The van der Waals surface area contributed by atoms with Gasteiger partial charge in [0.1, 0.15) is 11.9 Å². The zero-order valence-corrected chi connectivity index (χ0v) is 10.8. The molecule has 0 unspecified atom stereocenters. The van der Waals surface area contributed by atoms with E-state index in [2.05, 4.69) is 5.32 Å². The molecule has 0 saturated carbocycles. The Morgan fingerprint density at radius 1 is 1.35 bits per heavy atom. The van der Waals surface area contributed by atoms with Crippen LogP contribution in [0.1, 0.15) is 24.8 Å². The first-order valence-electron chi connectivity index (χ1n) is 6.16. The number of unbranched alkanes of at least 4 members (excludes halogenated alkanes) is 1. The molecule has 0 heterocycles. The van der Waals surface area contributed by atoms with Crippen LogP contribution in [-0.4, -0.2) is 23.0 Å². The summed E-state index contributed by atoms with van der Waals surface area (Å²) in [5, 5.41) is 19.8. The minimum Gasteiger partial charge on any atom is -0.480 e. The molecule has 1 rings (SSSR count). The van der Waals surface area contributed by atoms with E-state index < -0.39 is 23.7 Å². The first-order chi connectivity index (χ1) is 9.52. The molecule has 106 valence electrons. The molecule has 2 N–H and O–H groups in total. The number of carbonyl (C=O) groups excluding carboxylic acids is 1. The largest absolute Gasteiger partial charge is 0.480 e. The Balaban J connectivity index is 2.51. The monoisotopic (exact) mass is 278 g/mol. The number of carboxylic acids is 1. The summed E-state index contributed by atoms with van der Waals surface area (Å²) in [4.78, 5) is 22.7. The highest BCUT2D eigenvalue weighted by Gasteiger charge is 2.19. The van der Waals surface area contributed by atoms with Gasteiger partial charge in [0.2, 0.25) is 5.91 Å². The predicted octanol–water partition coefficient (Wildman–Crippen LogP) is 1.63. The lowest BCUT2D eigenvalue weighted by Crippen LogP contribution is -2.41. The molecule has 1 atom stereocenters. The fourth-order valence-corrected chi connectivity index (χ4v) is 1.68. The summed E-state index contributed by atoms with van der Waals surface area (Å²) in [5.41, 5.74) is 0.602. The number of hydrogen-bond acceptors (Lipinski definition) is 3. The zero-order valence-electron chi connectivity index (χ0n) is 10.8. The maximum Gasteiger partial charge on any atom is 0.326 e. The Morgan fingerprint density at radius 3 is 2.55 bits per heavy atom. The fourth-order valence-electron chi connectivity index (χ4n) is 1.68. The van der Waals surface area contributed by atoms with E-state index in [0.29, 0.717) is 12.0 Å². The van der Waals surface area contributed by atoms with Crippen molar-refractivity contribution in [3.63, 3.8) is 0 Å². The summed E-state index contributed by atoms with van der Waals surface area (Å²) in [6.07, 6.45) is 0.849. The van der Waals surface area contributed by atoms with Crippen molar-refractivity contribution in [1.82, 2.24) is 5.32 Å². The summed E-state index contributed by atoms with van der Waals surface area (Å²) in [5.74, 6) is -1.97. The van der Waals surface area contributed by atoms with Crippen LogP contribution in [0.2, 0.25) is 0 Å². The van der Waals surface area contributed by atoms with Gasteiger partial charge in [-0.25, -0.2) is 9.18 Å². The Labute approximate surface area is 116 Å². The number of halogens is 1. The lowest BCUT2D eigenvalue weighted by molar-refractivity contribution is -0.141. The minimum atomic E-state index is -1.13. The van der Waals surface area contributed by atoms with Gasteiger partial charge in [0.25, 0.3) is 0 Å². The fraction of sp³-hybridized carbons (Fsp3) is 0.357. The van der Waals surface area contributed by atoms with Gasteiger partial charge in [0.05, 0.1) is 12.5 Å². The minimum absolute atomic E-state index is 0.0116. The lowest BCUT2D eigenvalue weighted by atomic mass is 10.1. The molecule has 1 aromatic rings. The van der Waals surface area contributed by atoms with Gasteiger partial charge in [-0.2, -0.15) is 5.26 Å². The first-order valence-corrected chi connectivity index (χ1v) is 6.16. The average molecular weight is 278 g/mol. The lowest BCUT2D eigenvalue weighted by Gasteiger charge is -2.13. The van der Waals surface area contributed by atoms with Crippen molar-refractivity contribution in [3.05, 3.63) is 35.6 Å². The van der Waals surface area contributed by atoms with E-state index in [1.807, 2.05) is 6.07 Å². The molecule has 0 aromatic heterocycles. The molecule has 0 fully saturated rings. The number of aliphatic carboxylic acids is 1. The molecule has 0 bridgehead atoms. The third-order valence-corrected chi connectivity index (χ3v) is 2.69. The molecule has 6 heteroatoms. The van der Waals surface area contributed by atoms with Crippen LogP contribution >= 0.6 is 0 Å². The molecule has 0 radical (unpaired) electrons. The number of nitrogens with one attached hydrogen (secondary N) is 1. The highest BCUT2D eigenvalue weighted by Crippen LogP contribution is 2.05. The topological polar surface area (TPSA) is 90.2 Å². The molecular formula is C14H15FN2O3. The van der Waals surface area contributed by atoms with Gasteiger partial charge in [0, 0.05) is 6.42 Å². The zero-order chi connectivity index (χ0) is 15.0. The van der Waals surface area contributed by atoms with E-state index in [4.69, 9.17) is 10.4 Å². The number of benzene rings is 1. The van der Waals surface area contributed by atoms with Crippen molar-refractivity contribution < 1.29 is 19.1 Å². The molecule has 5 nitrogen and oxygen atoms in total. The second-order valence-electron chi connectivity index (χ2n) is 4.31. The molecule has 20 heavy (non-hydrogen) atoms. The third-order valence-electron chi connectivity index (χ3n) is 2.69. The van der Waals surface area contributed by atoms with Crippen molar-refractivity contribution in [2.24, 2.45) is 0 Å². The Morgan fingerprint density at radius 2 is 2.00 bits per heavy atom. The molecule has 1 amide bonds. The van der Waals surface area contributed by atoms with Crippen molar-refractivity contribution >= 4 is 11.9 Å². The number of rotatable bonds is 7. The maximum atomic E-state index is 12.7. The van der Waals surface area contributed by atoms with Crippen LogP contribution < -0.4 is 5.32 Å². The second-order valence-corrected chi connectivity index (χ2v) is 4.31. The number of nitriles is 1. The Kier molecular flexibility index (Phi) is 6.17.